The predicted octanol–water partition coefficient (Wildman–Crippen LogP) is 6.05. The molecule has 26 heavy (non-hydrogen) atoms. The second kappa shape index (κ2) is 6.85. The molecule has 4 rings (SSSR count). The molecule has 2 unspecified atom stereocenters. The monoisotopic (exact) mass is 363 g/mol. The summed E-state index contributed by atoms with van der Waals surface area (Å²) in [6, 6.07) is 23.2. The van der Waals surface area contributed by atoms with Gasteiger partial charge in [0.05, 0.1) is 5.56 Å². The standard InChI is InChI=1S/C22H18ClNO2/c23-16-10-8-14(9-11-16)19-13-20(19)18-6-1-2-7-21(18)24-17-5-3-4-15(12-17)22(25)26/h1-12,19-20,24H,13H2,(H,25,26). The van der Waals surface area contributed by atoms with E-state index in [-0.39, 0.29) is 5.56 Å². The summed E-state index contributed by atoms with van der Waals surface area (Å²) in [5.41, 5.74) is 4.64. The van der Waals surface area contributed by atoms with Crippen LogP contribution < -0.4 is 5.32 Å². The number of hydrogen-bond acceptors (Lipinski definition) is 2. The zero-order chi connectivity index (χ0) is 18.1. The second-order valence-electron chi connectivity index (χ2n) is 6.60. The minimum absolute atomic E-state index is 0.276. The van der Waals surface area contributed by atoms with Crippen LogP contribution in [-0.4, -0.2) is 11.1 Å². The summed E-state index contributed by atoms with van der Waals surface area (Å²) in [7, 11) is 0. The van der Waals surface area contributed by atoms with Crippen LogP contribution in [0.1, 0.15) is 39.7 Å². The highest BCUT2D eigenvalue weighted by Crippen LogP contribution is 2.56. The second-order valence-corrected chi connectivity index (χ2v) is 7.03. The number of halogens is 1. The normalized spacial score (nSPS) is 18.3. The van der Waals surface area contributed by atoms with E-state index in [1.807, 2.05) is 36.4 Å². The van der Waals surface area contributed by atoms with Crippen molar-refractivity contribution in [3.8, 4) is 0 Å². The lowest BCUT2D eigenvalue weighted by Gasteiger charge is -2.13. The maximum atomic E-state index is 11.2. The van der Waals surface area contributed by atoms with Crippen molar-refractivity contribution < 1.29 is 9.90 Å². The van der Waals surface area contributed by atoms with Gasteiger partial charge >= 0.3 is 5.97 Å². The molecule has 130 valence electrons. The fraction of sp³-hybridized carbons (Fsp3) is 0.136. The van der Waals surface area contributed by atoms with Gasteiger partial charge in [0.25, 0.3) is 0 Å². The highest BCUT2D eigenvalue weighted by Gasteiger charge is 2.40. The molecule has 0 radical (unpaired) electrons. The van der Waals surface area contributed by atoms with Crippen LogP contribution in [0.15, 0.2) is 72.8 Å². The number of para-hydroxylation sites is 1. The Hall–Kier alpha value is -2.78. The van der Waals surface area contributed by atoms with Gasteiger partial charge in [-0.1, -0.05) is 48.0 Å². The lowest BCUT2D eigenvalue weighted by molar-refractivity contribution is 0.0697. The first-order valence-electron chi connectivity index (χ1n) is 8.56. The summed E-state index contributed by atoms with van der Waals surface area (Å²) >= 11 is 5.99. The molecule has 0 aromatic heterocycles. The van der Waals surface area contributed by atoms with Gasteiger partial charge in [-0.15, -0.1) is 0 Å². The minimum atomic E-state index is -0.924. The Balaban J connectivity index is 1.57. The Morgan fingerprint density at radius 2 is 1.73 bits per heavy atom. The SMILES string of the molecule is O=C(O)c1cccc(Nc2ccccc2C2CC2c2ccc(Cl)cc2)c1. The van der Waals surface area contributed by atoms with Crippen molar-refractivity contribution in [2.45, 2.75) is 18.3 Å². The number of carboxylic acid groups (broad SMARTS) is 1. The number of nitrogens with one attached hydrogen (secondary N) is 1. The Morgan fingerprint density at radius 1 is 0.962 bits per heavy atom. The molecule has 1 aliphatic carbocycles. The lowest BCUT2D eigenvalue weighted by Crippen LogP contribution is -1.99. The molecule has 1 saturated carbocycles. The molecule has 2 atom stereocenters. The Labute approximate surface area is 157 Å². The van der Waals surface area contributed by atoms with Gasteiger partial charge in [0.15, 0.2) is 0 Å². The molecule has 3 aromatic rings. The van der Waals surface area contributed by atoms with Gasteiger partial charge in [-0.2, -0.15) is 0 Å². The molecular formula is C22H18ClNO2. The molecule has 3 nitrogen and oxygen atoms in total. The Morgan fingerprint density at radius 3 is 2.50 bits per heavy atom. The van der Waals surface area contributed by atoms with Crippen molar-refractivity contribution in [2.75, 3.05) is 5.32 Å². The molecule has 0 heterocycles. The van der Waals surface area contributed by atoms with Crippen molar-refractivity contribution >= 4 is 28.9 Å². The minimum Gasteiger partial charge on any atom is -0.478 e. The van der Waals surface area contributed by atoms with Gasteiger partial charge in [-0.05, 0) is 65.8 Å². The molecule has 0 aliphatic heterocycles. The smallest absolute Gasteiger partial charge is 0.335 e. The van der Waals surface area contributed by atoms with Gasteiger partial charge < -0.3 is 10.4 Å². The summed E-state index contributed by atoms with van der Waals surface area (Å²) < 4.78 is 0. The molecule has 0 amide bonds. The van der Waals surface area contributed by atoms with E-state index in [2.05, 4.69) is 23.5 Å². The number of carbonyl (C=O) groups is 1. The summed E-state index contributed by atoms with van der Waals surface area (Å²) in [4.78, 5) is 11.2. The summed E-state index contributed by atoms with van der Waals surface area (Å²) in [6.07, 6.45) is 1.11. The van der Waals surface area contributed by atoms with Gasteiger partial charge in [-0.3, -0.25) is 0 Å². The maximum Gasteiger partial charge on any atom is 0.335 e. The molecule has 1 fully saturated rings. The third-order valence-electron chi connectivity index (χ3n) is 4.84. The molecule has 1 aliphatic rings. The fourth-order valence-corrected chi connectivity index (χ4v) is 3.56. The Kier molecular flexibility index (Phi) is 4.39. The van der Waals surface area contributed by atoms with Crippen LogP contribution in [0.5, 0.6) is 0 Å². The zero-order valence-corrected chi connectivity index (χ0v) is 14.8. The van der Waals surface area contributed by atoms with E-state index < -0.39 is 5.97 Å². The topological polar surface area (TPSA) is 49.3 Å². The van der Waals surface area contributed by atoms with Gasteiger partial charge in [0.2, 0.25) is 0 Å². The molecular weight excluding hydrogens is 346 g/mol. The molecule has 4 heteroatoms. The molecule has 3 aromatic carbocycles. The van der Waals surface area contributed by atoms with E-state index in [4.69, 9.17) is 11.6 Å². The van der Waals surface area contributed by atoms with Gasteiger partial charge in [-0.25, -0.2) is 4.79 Å². The predicted molar refractivity (Wildman–Crippen MR) is 105 cm³/mol. The van der Waals surface area contributed by atoms with Crippen molar-refractivity contribution in [1.82, 2.24) is 0 Å². The van der Waals surface area contributed by atoms with Crippen LogP contribution in [0, 0.1) is 0 Å². The first kappa shape index (κ1) is 16.7. The highest BCUT2D eigenvalue weighted by atomic mass is 35.5. The quantitative estimate of drug-likeness (QED) is 0.579. The first-order chi connectivity index (χ1) is 12.6. The lowest BCUT2D eigenvalue weighted by atomic mass is 10.0. The van der Waals surface area contributed by atoms with E-state index in [0.717, 1.165) is 22.8 Å². The zero-order valence-electron chi connectivity index (χ0n) is 14.0. The van der Waals surface area contributed by atoms with Gasteiger partial charge in [0.1, 0.15) is 0 Å². The highest BCUT2D eigenvalue weighted by molar-refractivity contribution is 6.30. The van der Waals surface area contributed by atoms with Gasteiger partial charge in [0, 0.05) is 16.4 Å². The number of benzene rings is 3. The summed E-state index contributed by atoms with van der Waals surface area (Å²) in [6.45, 7) is 0. The third-order valence-corrected chi connectivity index (χ3v) is 5.09. The average Bonchev–Trinajstić information content (AvgIpc) is 3.43. The van der Waals surface area contributed by atoms with Crippen molar-refractivity contribution in [3.05, 3.63) is 94.5 Å². The number of aromatic carboxylic acids is 1. The van der Waals surface area contributed by atoms with E-state index in [1.54, 1.807) is 18.2 Å². The third kappa shape index (κ3) is 3.44. The van der Waals surface area contributed by atoms with E-state index in [1.165, 1.54) is 11.1 Å². The van der Waals surface area contributed by atoms with Crippen LogP contribution in [0.4, 0.5) is 11.4 Å². The number of hydrogen-bond donors (Lipinski definition) is 2. The van der Waals surface area contributed by atoms with Crippen molar-refractivity contribution in [2.24, 2.45) is 0 Å². The van der Waals surface area contributed by atoms with Crippen molar-refractivity contribution in [3.63, 3.8) is 0 Å². The number of rotatable bonds is 5. The Bertz CT molecular complexity index is 952. The first-order valence-corrected chi connectivity index (χ1v) is 8.94. The molecule has 2 N–H and O–H groups in total. The summed E-state index contributed by atoms with van der Waals surface area (Å²) in [5.74, 6) is 0.0371. The van der Waals surface area contributed by atoms with E-state index in [9.17, 15) is 9.90 Å². The number of anilines is 2. The van der Waals surface area contributed by atoms with Crippen LogP contribution in [0.25, 0.3) is 0 Å². The fourth-order valence-electron chi connectivity index (χ4n) is 3.44. The molecule has 0 spiro atoms. The van der Waals surface area contributed by atoms with E-state index in [0.29, 0.717) is 11.8 Å². The van der Waals surface area contributed by atoms with Crippen LogP contribution in [0.2, 0.25) is 5.02 Å². The van der Waals surface area contributed by atoms with Crippen LogP contribution in [0.3, 0.4) is 0 Å². The largest absolute Gasteiger partial charge is 0.478 e. The summed E-state index contributed by atoms with van der Waals surface area (Å²) in [5, 5.41) is 13.3. The molecule has 0 saturated heterocycles. The maximum absolute atomic E-state index is 11.2. The van der Waals surface area contributed by atoms with Crippen molar-refractivity contribution in [1.29, 1.82) is 0 Å². The molecule has 0 bridgehead atoms. The van der Waals surface area contributed by atoms with E-state index >= 15 is 0 Å². The van der Waals surface area contributed by atoms with Crippen LogP contribution >= 0.6 is 11.6 Å². The van der Waals surface area contributed by atoms with Crippen LogP contribution in [-0.2, 0) is 0 Å². The number of carboxylic acids is 1. The average molecular weight is 364 g/mol.